The fraction of sp³-hybridized carbons (Fsp3) is 0.333. The highest BCUT2D eigenvalue weighted by Gasteiger charge is 2.38. The Kier molecular flexibility index (Phi) is 8.01. The summed E-state index contributed by atoms with van der Waals surface area (Å²) < 4.78 is 10.4. The van der Waals surface area contributed by atoms with Crippen LogP contribution in [-0.4, -0.2) is 38.7 Å². The molecule has 0 aromatic heterocycles. The zero-order valence-corrected chi connectivity index (χ0v) is 17.1. The molecule has 2 aromatic rings. The summed E-state index contributed by atoms with van der Waals surface area (Å²) in [4.78, 5) is 25.1. The lowest BCUT2D eigenvalue weighted by Crippen LogP contribution is -2.46. The first-order valence-corrected chi connectivity index (χ1v) is 9.21. The van der Waals surface area contributed by atoms with Gasteiger partial charge in [0.2, 0.25) is 5.91 Å². The minimum Gasteiger partial charge on any atom is -0.497 e. The molecule has 1 heterocycles. The third kappa shape index (κ3) is 5.47. The van der Waals surface area contributed by atoms with Crippen molar-refractivity contribution >= 4 is 35.6 Å². The minimum atomic E-state index is -0.595. The number of carbonyl (C=O) groups is 2. The predicted molar refractivity (Wildman–Crippen MR) is 115 cm³/mol. The zero-order chi connectivity index (χ0) is 20.0. The molecule has 0 atom stereocenters. The van der Waals surface area contributed by atoms with Crippen molar-refractivity contribution in [1.82, 2.24) is 0 Å². The van der Waals surface area contributed by atoms with E-state index in [9.17, 15) is 9.59 Å². The Hall–Kier alpha value is -2.61. The summed E-state index contributed by atoms with van der Waals surface area (Å²) in [6.07, 6.45) is 1.22. The van der Waals surface area contributed by atoms with Gasteiger partial charge in [-0.2, -0.15) is 0 Å². The summed E-state index contributed by atoms with van der Waals surface area (Å²) in [7, 11) is 1.59. The van der Waals surface area contributed by atoms with E-state index in [0.717, 1.165) is 5.75 Å². The first-order chi connectivity index (χ1) is 13.6. The van der Waals surface area contributed by atoms with Crippen molar-refractivity contribution < 1.29 is 19.1 Å². The highest BCUT2D eigenvalue weighted by atomic mass is 35.5. The highest BCUT2D eigenvalue weighted by Crippen LogP contribution is 2.31. The Balaban J connectivity index is 0.00000300. The fourth-order valence-corrected chi connectivity index (χ4v) is 3.13. The summed E-state index contributed by atoms with van der Waals surface area (Å²) in [5.74, 6) is 0.387. The average Bonchev–Trinajstić information content (AvgIpc) is 2.75. The van der Waals surface area contributed by atoms with Gasteiger partial charge in [0.25, 0.3) is 5.91 Å². The average molecular weight is 420 g/mol. The van der Waals surface area contributed by atoms with Gasteiger partial charge in [-0.25, -0.2) is 0 Å². The van der Waals surface area contributed by atoms with Gasteiger partial charge in [-0.3, -0.25) is 9.59 Å². The molecule has 7 nitrogen and oxygen atoms in total. The van der Waals surface area contributed by atoms with E-state index in [2.05, 4.69) is 10.6 Å². The molecule has 3 rings (SSSR count). The Morgan fingerprint density at radius 3 is 2.10 bits per heavy atom. The van der Waals surface area contributed by atoms with Crippen LogP contribution in [-0.2, 0) is 9.53 Å². The second kappa shape index (κ2) is 10.2. The number of halogens is 1. The van der Waals surface area contributed by atoms with Crippen molar-refractivity contribution in [1.29, 1.82) is 0 Å². The second-order valence-electron chi connectivity index (χ2n) is 6.81. The molecule has 29 heavy (non-hydrogen) atoms. The zero-order valence-electron chi connectivity index (χ0n) is 16.3. The van der Waals surface area contributed by atoms with Crippen molar-refractivity contribution in [3.63, 3.8) is 0 Å². The van der Waals surface area contributed by atoms with E-state index in [1.165, 1.54) is 0 Å². The lowest BCUT2D eigenvalue weighted by Gasteiger charge is -2.34. The van der Waals surface area contributed by atoms with Crippen LogP contribution in [0, 0.1) is 5.41 Å². The van der Waals surface area contributed by atoms with Gasteiger partial charge in [0, 0.05) is 36.7 Å². The van der Waals surface area contributed by atoms with Gasteiger partial charge in [0.1, 0.15) is 5.75 Å². The molecule has 0 unspecified atom stereocenters. The molecule has 1 fully saturated rings. The van der Waals surface area contributed by atoms with Crippen LogP contribution in [0.4, 0.5) is 11.4 Å². The van der Waals surface area contributed by atoms with E-state index in [-0.39, 0.29) is 30.8 Å². The molecule has 2 aromatic carbocycles. The maximum Gasteiger partial charge on any atom is 0.255 e. The van der Waals surface area contributed by atoms with Crippen molar-refractivity contribution in [3.8, 4) is 5.75 Å². The normalized spacial score (nSPS) is 15.0. The Morgan fingerprint density at radius 1 is 1.00 bits per heavy atom. The molecular weight excluding hydrogens is 394 g/mol. The lowest BCUT2D eigenvalue weighted by atomic mass is 9.79. The number of hydrogen-bond acceptors (Lipinski definition) is 5. The number of nitrogens with two attached hydrogens (primary N) is 1. The third-order valence-electron chi connectivity index (χ3n) is 5.08. The number of amides is 2. The number of anilines is 2. The molecule has 4 N–H and O–H groups in total. The molecule has 1 aliphatic rings. The van der Waals surface area contributed by atoms with Gasteiger partial charge < -0.3 is 25.8 Å². The van der Waals surface area contributed by atoms with Crippen LogP contribution in [0.5, 0.6) is 5.75 Å². The monoisotopic (exact) mass is 419 g/mol. The molecular formula is C21H26ClN3O4. The van der Waals surface area contributed by atoms with Crippen LogP contribution in [0.3, 0.4) is 0 Å². The summed E-state index contributed by atoms with van der Waals surface area (Å²) in [5, 5.41) is 5.74. The van der Waals surface area contributed by atoms with Crippen molar-refractivity contribution in [3.05, 3.63) is 54.1 Å². The van der Waals surface area contributed by atoms with Gasteiger partial charge in [-0.05, 0) is 61.4 Å². The number of ether oxygens (including phenoxy) is 2. The number of methoxy groups -OCH3 is 1. The van der Waals surface area contributed by atoms with Crippen molar-refractivity contribution in [2.45, 2.75) is 12.8 Å². The van der Waals surface area contributed by atoms with E-state index in [1.807, 2.05) is 0 Å². The first-order valence-electron chi connectivity index (χ1n) is 9.21. The van der Waals surface area contributed by atoms with Gasteiger partial charge in [-0.1, -0.05) is 0 Å². The molecule has 0 aliphatic carbocycles. The van der Waals surface area contributed by atoms with Crippen LogP contribution in [0.1, 0.15) is 23.2 Å². The van der Waals surface area contributed by atoms with Crippen molar-refractivity contribution in [2.75, 3.05) is 37.5 Å². The number of hydrogen-bond donors (Lipinski definition) is 3. The Bertz CT molecular complexity index is 819. The minimum absolute atomic E-state index is 0. The standard InChI is InChI=1S/C21H25N3O4.ClH/c1-27-18-8-6-16(7-9-18)23-19(25)15-2-4-17(5-3-15)24-20(26)21(14-22)10-12-28-13-11-21;/h2-9H,10-14,22H2,1H3,(H,23,25)(H,24,26);1H. The topological polar surface area (TPSA) is 103 Å². The number of rotatable bonds is 6. The summed E-state index contributed by atoms with van der Waals surface area (Å²) >= 11 is 0. The summed E-state index contributed by atoms with van der Waals surface area (Å²) in [5.41, 5.74) is 7.07. The van der Waals surface area contributed by atoms with E-state index in [0.29, 0.717) is 43.0 Å². The molecule has 156 valence electrons. The van der Waals surface area contributed by atoms with E-state index in [4.69, 9.17) is 15.2 Å². The summed E-state index contributed by atoms with van der Waals surface area (Å²) in [6.45, 7) is 1.36. The smallest absolute Gasteiger partial charge is 0.255 e. The van der Waals surface area contributed by atoms with Crippen LogP contribution >= 0.6 is 12.4 Å². The Labute approximate surface area is 176 Å². The van der Waals surface area contributed by atoms with Crippen LogP contribution in [0.15, 0.2) is 48.5 Å². The first kappa shape index (κ1) is 22.7. The lowest BCUT2D eigenvalue weighted by molar-refractivity contribution is -0.130. The maximum atomic E-state index is 12.7. The fourth-order valence-electron chi connectivity index (χ4n) is 3.13. The van der Waals surface area contributed by atoms with Gasteiger partial charge in [0.05, 0.1) is 12.5 Å². The van der Waals surface area contributed by atoms with E-state index >= 15 is 0 Å². The van der Waals surface area contributed by atoms with Crippen LogP contribution < -0.4 is 21.1 Å². The van der Waals surface area contributed by atoms with Crippen molar-refractivity contribution in [2.24, 2.45) is 11.1 Å². The SMILES string of the molecule is COc1ccc(NC(=O)c2ccc(NC(=O)C3(CN)CCOCC3)cc2)cc1.Cl. The third-order valence-corrected chi connectivity index (χ3v) is 5.08. The molecule has 1 saturated heterocycles. The van der Waals surface area contributed by atoms with Crippen LogP contribution in [0.2, 0.25) is 0 Å². The molecule has 1 aliphatic heterocycles. The van der Waals surface area contributed by atoms with Gasteiger partial charge in [0.15, 0.2) is 0 Å². The molecule has 0 saturated carbocycles. The predicted octanol–water partition coefficient (Wildman–Crippen LogP) is 3.06. The summed E-state index contributed by atoms with van der Waals surface area (Å²) in [6, 6.07) is 13.9. The largest absolute Gasteiger partial charge is 0.497 e. The number of nitrogens with one attached hydrogen (secondary N) is 2. The molecule has 2 amide bonds. The van der Waals surface area contributed by atoms with Gasteiger partial charge in [-0.15, -0.1) is 12.4 Å². The Morgan fingerprint density at radius 2 is 1.55 bits per heavy atom. The molecule has 8 heteroatoms. The van der Waals surface area contributed by atoms with E-state index < -0.39 is 5.41 Å². The van der Waals surface area contributed by atoms with Crippen LogP contribution in [0.25, 0.3) is 0 Å². The molecule has 0 bridgehead atoms. The molecule has 0 spiro atoms. The van der Waals surface area contributed by atoms with Gasteiger partial charge >= 0.3 is 0 Å². The van der Waals surface area contributed by atoms with E-state index in [1.54, 1.807) is 55.6 Å². The molecule has 0 radical (unpaired) electrons. The quantitative estimate of drug-likeness (QED) is 0.667. The number of carbonyl (C=O) groups excluding carboxylic acids is 2. The second-order valence-corrected chi connectivity index (χ2v) is 6.81. The number of benzene rings is 2. The highest BCUT2D eigenvalue weighted by molar-refractivity contribution is 6.04. The maximum absolute atomic E-state index is 12.7.